The molecular weight excluding hydrogens is 298 g/mol. The second kappa shape index (κ2) is 6.75. The Labute approximate surface area is 115 Å². The largest absolute Gasteiger partial charge is 0.479 e. The predicted octanol–water partition coefficient (Wildman–Crippen LogP) is 2.97. The lowest BCUT2D eigenvalue weighted by Gasteiger charge is -2.20. The van der Waals surface area contributed by atoms with Gasteiger partial charge in [-0.2, -0.15) is 0 Å². The molecule has 0 saturated heterocycles. The third-order valence-electron chi connectivity index (χ3n) is 2.79. The maximum absolute atomic E-state index is 11.0. The van der Waals surface area contributed by atoms with Gasteiger partial charge in [-0.1, -0.05) is 22.9 Å². The van der Waals surface area contributed by atoms with E-state index in [1.165, 1.54) is 0 Å². The molecule has 5 heteroatoms. The van der Waals surface area contributed by atoms with E-state index < -0.39 is 12.1 Å². The van der Waals surface area contributed by atoms with Crippen LogP contribution in [-0.4, -0.2) is 24.2 Å². The van der Waals surface area contributed by atoms with Gasteiger partial charge in [0, 0.05) is 16.1 Å². The molecule has 0 spiro atoms. The number of carboxylic acids is 1. The van der Waals surface area contributed by atoms with Crippen LogP contribution in [0.1, 0.15) is 31.9 Å². The minimum absolute atomic E-state index is 0.0869. The van der Waals surface area contributed by atoms with Gasteiger partial charge in [-0.3, -0.25) is 0 Å². The molecular formula is C13H18BrNO3. The normalized spacial score (nSPS) is 14.0. The van der Waals surface area contributed by atoms with Gasteiger partial charge in [0.15, 0.2) is 6.10 Å². The Morgan fingerprint density at radius 3 is 2.72 bits per heavy atom. The average molecular weight is 316 g/mol. The molecule has 0 aliphatic rings. The van der Waals surface area contributed by atoms with Crippen molar-refractivity contribution in [1.29, 1.82) is 0 Å². The van der Waals surface area contributed by atoms with E-state index in [1.807, 2.05) is 26.1 Å². The summed E-state index contributed by atoms with van der Waals surface area (Å²) in [6.45, 7) is 3.79. The number of hydrogen-bond donors (Lipinski definition) is 2. The SMILES string of the molecule is CCC(Oc1ccc(Br)cc1C(C)NC)C(=O)O. The first kappa shape index (κ1) is 15.0. The van der Waals surface area contributed by atoms with Crippen molar-refractivity contribution in [3.8, 4) is 5.75 Å². The summed E-state index contributed by atoms with van der Waals surface area (Å²) in [5, 5.41) is 12.1. The molecule has 0 aliphatic carbocycles. The van der Waals surface area contributed by atoms with Gasteiger partial charge in [0.2, 0.25) is 0 Å². The van der Waals surface area contributed by atoms with Crippen molar-refractivity contribution < 1.29 is 14.6 Å². The Bertz CT molecular complexity index is 423. The summed E-state index contributed by atoms with van der Waals surface area (Å²) in [6.07, 6.45) is -0.382. The maximum Gasteiger partial charge on any atom is 0.344 e. The van der Waals surface area contributed by atoms with E-state index in [2.05, 4.69) is 21.2 Å². The zero-order chi connectivity index (χ0) is 13.7. The molecule has 2 N–H and O–H groups in total. The van der Waals surface area contributed by atoms with Crippen LogP contribution in [0.5, 0.6) is 5.75 Å². The van der Waals surface area contributed by atoms with Crippen molar-refractivity contribution in [2.24, 2.45) is 0 Å². The van der Waals surface area contributed by atoms with Gasteiger partial charge in [0.05, 0.1) is 0 Å². The molecule has 2 atom stereocenters. The van der Waals surface area contributed by atoms with E-state index in [4.69, 9.17) is 9.84 Å². The molecule has 0 aliphatic heterocycles. The van der Waals surface area contributed by atoms with Crippen molar-refractivity contribution in [2.75, 3.05) is 7.05 Å². The van der Waals surface area contributed by atoms with Crippen molar-refractivity contribution >= 4 is 21.9 Å². The van der Waals surface area contributed by atoms with Gasteiger partial charge in [-0.25, -0.2) is 4.79 Å². The zero-order valence-electron chi connectivity index (χ0n) is 10.7. The monoisotopic (exact) mass is 315 g/mol. The first-order chi connectivity index (χ1) is 8.49. The van der Waals surface area contributed by atoms with Crippen LogP contribution in [0, 0.1) is 0 Å². The van der Waals surface area contributed by atoms with Crippen molar-refractivity contribution in [1.82, 2.24) is 5.32 Å². The van der Waals surface area contributed by atoms with E-state index in [0.717, 1.165) is 10.0 Å². The van der Waals surface area contributed by atoms with Gasteiger partial charge >= 0.3 is 5.97 Å². The molecule has 0 amide bonds. The van der Waals surface area contributed by atoms with Crippen LogP contribution in [0.2, 0.25) is 0 Å². The zero-order valence-corrected chi connectivity index (χ0v) is 12.3. The fraction of sp³-hybridized carbons (Fsp3) is 0.462. The molecule has 4 nitrogen and oxygen atoms in total. The summed E-state index contributed by atoms with van der Waals surface area (Å²) in [4.78, 5) is 11.0. The first-order valence-corrected chi connectivity index (χ1v) is 6.65. The molecule has 0 fully saturated rings. The lowest BCUT2D eigenvalue weighted by molar-refractivity contribution is -0.145. The molecule has 18 heavy (non-hydrogen) atoms. The Morgan fingerprint density at radius 1 is 1.56 bits per heavy atom. The molecule has 1 aromatic carbocycles. The van der Waals surface area contributed by atoms with Crippen LogP contribution in [0.4, 0.5) is 0 Å². The molecule has 1 rings (SSSR count). The molecule has 100 valence electrons. The lowest BCUT2D eigenvalue weighted by atomic mass is 10.1. The Hall–Kier alpha value is -1.07. The number of halogens is 1. The van der Waals surface area contributed by atoms with Gasteiger partial charge < -0.3 is 15.2 Å². The molecule has 0 aromatic heterocycles. The fourth-order valence-corrected chi connectivity index (χ4v) is 1.96. The predicted molar refractivity (Wildman–Crippen MR) is 74.0 cm³/mol. The number of benzene rings is 1. The van der Waals surface area contributed by atoms with Crippen LogP contribution < -0.4 is 10.1 Å². The summed E-state index contributed by atoms with van der Waals surface area (Å²) >= 11 is 3.41. The minimum atomic E-state index is -0.941. The highest BCUT2D eigenvalue weighted by Gasteiger charge is 2.19. The summed E-state index contributed by atoms with van der Waals surface area (Å²) in [7, 11) is 1.85. The van der Waals surface area contributed by atoms with E-state index in [-0.39, 0.29) is 6.04 Å². The number of carboxylic acid groups (broad SMARTS) is 1. The van der Waals surface area contributed by atoms with Gasteiger partial charge in [0.1, 0.15) is 5.75 Å². The third-order valence-corrected chi connectivity index (χ3v) is 3.28. The topological polar surface area (TPSA) is 58.6 Å². The van der Waals surface area contributed by atoms with Crippen molar-refractivity contribution in [3.63, 3.8) is 0 Å². The molecule has 0 radical (unpaired) electrons. The number of carbonyl (C=O) groups is 1. The van der Waals surface area contributed by atoms with Gasteiger partial charge in [-0.15, -0.1) is 0 Å². The summed E-state index contributed by atoms with van der Waals surface area (Å²) in [5.41, 5.74) is 0.937. The highest BCUT2D eigenvalue weighted by molar-refractivity contribution is 9.10. The second-order valence-corrected chi connectivity index (χ2v) is 4.96. The van der Waals surface area contributed by atoms with Gasteiger partial charge in [0.25, 0.3) is 0 Å². The quantitative estimate of drug-likeness (QED) is 0.847. The second-order valence-electron chi connectivity index (χ2n) is 4.05. The fourth-order valence-electron chi connectivity index (χ4n) is 1.58. The Kier molecular flexibility index (Phi) is 5.62. The molecule has 0 bridgehead atoms. The smallest absolute Gasteiger partial charge is 0.344 e. The van der Waals surface area contributed by atoms with Crippen molar-refractivity contribution in [2.45, 2.75) is 32.4 Å². The van der Waals surface area contributed by atoms with Crippen molar-refractivity contribution in [3.05, 3.63) is 28.2 Å². The Morgan fingerprint density at radius 2 is 2.22 bits per heavy atom. The lowest BCUT2D eigenvalue weighted by Crippen LogP contribution is -2.27. The highest BCUT2D eigenvalue weighted by Crippen LogP contribution is 2.29. The molecule has 0 heterocycles. The summed E-state index contributed by atoms with van der Waals surface area (Å²) in [6, 6.07) is 5.66. The number of rotatable bonds is 6. The van der Waals surface area contributed by atoms with E-state index in [9.17, 15) is 4.79 Å². The maximum atomic E-state index is 11.0. The average Bonchev–Trinajstić information content (AvgIpc) is 2.35. The molecule has 2 unspecified atom stereocenters. The number of nitrogens with one attached hydrogen (secondary N) is 1. The minimum Gasteiger partial charge on any atom is -0.479 e. The van der Waals surface area contributed by atoms with Crippen LogP contribution >= 0.6 is 15.9 Å². The van der Waals surface area contributed by atoms with Crippen LogP contribution in [-0.2, 0) is 4.79 Å². The summed E-state index contributed by atoms with van der Waals surface area (Å²) in [5.74, 6) is -0.335. The molecule has 0 saturated carbocycles. The van der Waals surface area contributed by atoms with E-state index in [1.54, 1.807) is 13.0 Å². The number of hydrogen-bond acceptors (Lipinski definition) is 3. The highest BCUT2D eigenvalue weighted by atomic mass is 79.9. The van der Waals surface area contributed by atoms with Crippen LogP contribution in [0.3, 0.4) is 0 Å². The third kappa shape index (κ3) is 3.71. The Balaban J connectivity index is 3.04. The van der Waals surface area contributed by atoms with Gasteiger partial charge in [-0.05, 0) is 38.6 Å². The molecule has 1 aromatic rings. The first-order valence-electron chi connectivity index (χ1n) is 5.85. The standard InChI is InChI=1S/C13H18BrNO3/c1-4-11(13(16)17)18-12-6-5-9(14)7-10(12)8(2)15-3/h5-8,11,15H,4H2,1-3H3,(H,16,17). The van der Waals surface area contributed by atoms with Crippen LogP contribution in [0.25, 0.3) is 0 Å². The van der Waals surface area contributed by atoms with E-state index >= 15 is 0 Å². The van der Waals surface area contributed by atoms with Crippen LogP contribution in [0.15, 0.2) is 22.7 Å². The summed E-state index contributed by atoms with van der Waals surface area (Å²) < 4.78 is 6.51. The number of ether oxygens (including phenoxy) is 1. The number of aliphatic carboxylic acids is 1. The van der Waals surface area contributed by atoms with E-state index in [0.29, 0.717) is 12.2 Å².